The minimum absolute atomic E-state index is 0.331. The fourth-order valence-corrected chi connectivity index (χ4v) is 1.83. The highest BCUT2D eigenvalue weighted by Crippen LogP contribution is 2.13. The first-order valence-corrected chi connectivity index (χ1v) is 6.23. The van der Waals surface area contributed by atoms with Crippen molar-refractivity contribution in [2.24, 2.45) is 0 Å². The molecule has 0 saturated heterocycles. The lowest BCUT2D eigenvalue weighted by atomic mass is 10.2. The molecule has 0 saturated carbocycles. The van der Waals surface area contributed by atoms with E-state index in [9.17, 15) is 0 Å². The third-order valence-electron chi connectivity index (χ3n) is 2.57. The van der Waals surface area contributed by atoms with Crippen LogP contribution in [0.15, 0.2) is 24.4 Å². The van der Waals surface area contributed by atoms with E-state index in [0.717, 1.165) is 11.3 Å². The van der Waals surface area contributed by atoms with E-state index >= 15 is 0 Å². The summed E-state index contributed by atoms with van der Waals surface area (Å²) in [6.45, 7) is 2.94. The lowest BCUT2D eigenvalue weighted by molar-refractivity contribution is 0.178. The first-order chi connectivity index (χ1) is 9.19. The monoisotopic (exact) mass is 278 g/mol. The molecule has 2 aromatic rings. The molecule has 0 aliphatic heterocycles. The molecule has 0 amide bonds. The van der Waals surface area contributed by atoms with Gasteiger partial charge in [0.2, 0.25) is 0 Å². The maximum atomic E-state index is 5.94. The maximum absolute atomic E-state index is 5.94. The highest BCUT2D eigenvalue weighted by Gasteiger charge is 2.04. The quantitative estimate of drug-likeness (QED) is 0.852. The zero-order chi connectivity index (χ0) is 13.7. The Morgan fingerprint density at radius 3 is 2.95 bits per heavy atom. The predicted molar refractivity (Wildman–Crippen MR) is 74.1 cm³/mol. The Labute approximate surface area is 117 Å². The SMILES string of the molecule is COCc1nc(Cl)cc(NCc2ncccc2C)n1. The normalized spacial score (nSPS) is 10.5. The molecule has 0 aromatic carbocycles. The van der Waals surface area contributed by atoms with Crippen molar-refractivity contribution in [1.82, 2.24) is 15.0 Å². The molecule has 0 radical (unpaired) electrons. The predicted octanol–water partition coefficient (Wildman–Crippen LogP) is 2.59. The van der Waals surface area contributed by atoms with E-state index in [2.05, 4.69) is 20.3 Å². The fraction of sp³-hybridized carbons (Fsp3) is 0.308. The molecule has 0 fully saturated rings. The maximum Gasteiger partial charge on any atom is 0.158 e. The van der Waals surface area contributed by atoms with Crippen molar-refractivity contribution in [2.75, 3.05) is 12.4 Å². The molecule has 0 unspecified atom stereocenters. The van der Waals surface area contributed by atoms with E-state index in [0.29, 0.717) is 29.9 Å². The average Bonchev–Trinajstić information content (AvgIpc) is 2.37. The number of nitrogens with one attached hydrogen (secondary N) is 1. The largest absolute Gasteiger partial charge is 0.377 e. The summed E-state index contributed by atoms with van der Waals surface area (Å²) in [5, 5.41) is 3.58. The Balaban J connectivity index is 2.09. The van der Waals surface area contributed by atoms with Gasteiger partial charge in [-0.3, -0.25) is 4.98 Å². The lowest BCUT2D eigenvalue weighted by Gasteiger charge is -2.08. The van der Waals surface area contributed by atoms with Gasteiger partial charge in [-0.25, -0.2) is 9.97 Å². The highest BCUT2D eigenvalue weighted by atomic mass is 35.5. The van der Waals surface area contributed by atoms with Crippen molar-refractivity contribution in [2.45, 2.75) is 20.1 Å². The van der Waals surface area contributed by atoms with Crippen molar-refractivity contribution in [3.8, 4) is 0 Å². The molecule has 1 N–H and O–H groups in total. The first-order valence-electron chi connectivity index (χ1n) is 5.86. The molecule has 19 heavy (non-hydrogen) atoms. The molecule has 0 atom stereocenters. The molecule has 0 spiro atoms. The fourth-order valence-electron chi connectivity index (χ4n) is 1.63. The number of anilines is 1. The molecule has 0 aliphatic rings. The van der Waals surface area contributed by atoms with Crippen LogP contribution >= 0.6 is 11.6 Å². The second-order valence-corrected chi connectivity index (χ2v) is 4.43. The molecule has 0 bridgehead atoms. The number of hydrogen-bond acceptors (Lipinski definition) is 5. The molecule has 2 heterocycles. The van der Waals surface area contributed by atoms with Crippen LogP contribution in [0, 0.1) is 6.92 Å². The summed E-state index contributed by atoms with van der Waals surface area (Å²) in [7, 11) is 1.59. The Morgan fingerprint density at radius 1 is 1.37 bits per heavy atom. The minimum Gasteiger partial charge on any atom is -0.377 e. The summed E-state index contributed by atoms with van der Waals surface area (Å²) < 4.78 is 5.00. The summed E-state index contributed by atoms with van der Waals surface area (Å²) in [6.07, 6.45) is 1.77. The van der Waals surface area contributed by atoms with Gasteiger partial charge >= 0.3 is 0 Å². The number of ether oxygens (including phenoxy) is 1. The van der Waals surface area contributed by atoms with Crippen LogP contribution < -0.4 is 5.32 Å². The van der Waals surface area contributed by atoms with E-state index in [1.807, 2.05) is 19.1 Å². The third-order valence-corrected chi connectivity index (χ3v) is 2.76. The van der Waals surface area contributed by atoms with Gasteiger partial charge in [0, 0.05) is 19.4 Å². The van der Waals surface area contributed by atoms with E-state index in [1.54, 1.807) is 19.4 Å². The Kier molecular flexibility index (Phi) is 4.65. The van der Waals surface area contributed by atoms with Crippen LogP contribution in [-0.4, -0.2) is 22.1 Å². The van der Waals surface area contributed by atoms with Crippen molar-refractivity contribution in [3.05, 3.63) is 46.6 Å². The number of methoxy groups -OCH3 is 1. The number of halogens is 1. The number of rotatable bonds is 5. The lowest BCUT2D eigenvalue weighted by Crippen LogP contribution is -2.07. The van der Waals surface area contributed by atoms with Crippen molar-refractivity contribution < 1.29 is 4.74 Å². The van der Waals surface area contributed by atoms with Gasteiger partial charge in [0.05, 0.1) is 12.2 Å². The first kappa shape index (κ1) is 13.7. The van der Waals surface area contributed by atoms with Crippen LogP contribution in [0.1, 0.15) is 17.1 Å². The molecule has 100 valence electrons. The van der Waals surface area contributed by atoms with Gasteiger partial charge < -0.3 is 10.1 Å². The highest BCUT2D eigenvalue weighted by molar-refractivity contribution is 6.29. The Morgan fingerprint density at radius 2 is 2.21 bits per heavy atom. The number of aryl methyl sites for hydroxylation is 1. The Bertz CT molecular complexity index is 562. The van der Waals surface area contributed by atoms with E-state index in [-0.39, 0.29) is 0 Å². The second kappa shape index (κ2) is 6.45. The summed E-state index contributed by atoms with van der Waals surface area (Å²) in [5.74, 6) is 1.22. The van der Waals surface area contributed by atoms with Gasteiger partial charge in [-0.1, -0.05) is 17.7 Å². The molecule has 2 aromatic heterocycles. The van der Waals surface area contributed by atoms with Gasteiger partial charge in [0.1, 0.15) is 17.6 Å². The summed E-state index contributed by atoms with van der Waals surface area (Å²) in [5.41, 5.74) is 2.11. The average molecular weight is 279 g/mol. The number of pyridine rings is 1. The summed E-state index contributed by atoms with van der Waals surface area (Å²) in [4.78, 5) is 12.7. The van der Waals surface area contributed by atoms with Crippen LogP contribution in [-0.2, 0) is 17.9 Å². The third kappa shape index (κ3) is 3.87. The topological polar surface area (TPSA) is 59.9 Å². The molecule has 0 aliphatic carbocycles. The van der Waals surface area contributed by atoms with Gasteiger partial charge in [-0.2, -0.15) is 0 Å². The minimum atomic E-state index is 0.331. The number of hydrogen-bond donors (Lipinski definition) is 1. The molecular formula is C13H15ClN4O. The summed E-state index contributed by atoms with van der Waals surface area (Å²) >= 11 is 5.94. The van der Waals surface area contributed by atoms with E-state index in [1.165, 1.54) is 0 Å². The van der Waals surface area contributed by atoms with Crippen LogP contribution in [0.3, 0.4) is 0 Å². The second-order valence-electron chi connectivity index (χ2n) is 4.05. The van der Waals surface area contributed by atoms with Crippen LogP contribution in [0.5, 0.6) is 0 Å². The van der Waals surface area contributed by atoms with Crippen molar-refractivity contribution in [1.29, 1.82) is 0 Å². The molecule has 5 nitrogen and oxygen atoms in total. The molecule has 6 heteroatoms. The van der Waals surface area contributed by atoms with Crippen molar-refractivity contribution in [3.63, 3.8) is 0 Å². The van der Waals surface area contributed by atoms with Gasteiger partial charge in [-0.15, -0.1) is 0 Å². The number of nitrogens with zero attached hydrogens (tertiary/aromatic N) is 3. The van der Waals surface area contributed by atoms with Crippen LogP contribution in [0.25, 0.3) is 0 Å². The van der Waals surface area contributed by atoms with Crippen LogP contribution in [0.4, 0.5) is 5.82 Å². The standard InChI is InChI=1S/C13H15ClN4O/c1-9-4-3-5-15-10(9)7-16-12-6-11(14)17-13(18-12)8-19-2/h3-6H,7-8H2,1-2H3,(H,16,17,18). The van der Waals surface area contributed by atoms with Gasteiger partial charge in [0.15, 0.2) is 5.82 Å². The van der Waals surface area contributed by atoms with E-state index in [4.69, 9.17) is 16.3 Å². The number of aromatic nitrogens is 3. The van der Waals surface area contributed by atoms with E-state index < -0.39 is 0 Å². The Hall–Kier alpha value is -1.72. The van der Waals surface area contributed by atoms with Crippen molar-refractivity contribution >= 4 is 17.4 Å². The smallest absolute Gasteiger partial charge is 0.158 e. The summed E-state index contributed by atoms with van der Waals surface area (Å²) in [6, 6.07) is 5.61. The van der Waals surface area contributed by atoms with Crippen LogP contribution in [0.2, 0.25) is 5.15 Å². The van der Waals surface area contributed by atoms with Gasteiger partial charge in [0.25, 0.3) is 0 Å². The molecular weight excluding hydrogens is 264 g/mol. The van der Waals surface area contributed by atoms with Gasteiger partial charge in [-0.05, 0) is 18.6 Å². The zero-order valence-corrected chi connectivity index (χ0v) is 11.6. The molecule has 2 rings (SSSR count). The zero-order valence-electron chi connectivity index (χ0n) is 10.9.